The predicted molar refractivity (Wildman–Crippen MR) is 153 cm³/mol. The van der Waals surface area contributed by atoms with Crippen molar-refractivity contribution in [1.29, 1.82) is 0 Å². The zero-order chi connectivity index (χ0) is 26.1. The van der Waals surface area contributed by atoms with Crippen LogP contribution in [-0.2, 0) is 25.8 Å². The lowest BCUT2D eigenvalue weighted by molar-refractivity contribution is -0.689. The van der Waals surface area contributed by atoms with E-state index in [0.29, 0.717) is 11.3 Å². The fourth-order valence-electron chi connectivity index (χ4n) is 4.05. The molecule has 3 N–H and O–H groups in total. The van der Waals surface area contributed by atoms with Crippen LogP contribution in [0.15, 0.2) is 65.1 Å². The first-order valence-corrected chi connectivity index (χ1v) is 12.8. The second kappa shape index (κ2) is 13.8. The smallest absolute Gasteiger partial charge is 0.276 e. The van der Waals surface area contributed by atoms with Crippen molar-refractivity contribution in [3.05, 3.63) is 65.6 Å². The zero-order valence-corrected chi connectivity index (χ0v) is 24.6. The molecule has 1 fully saturated rings. The molecule has 3 aromatic heterocycles. The molecule has 40 heavy (non-hydrogen) atoms. The summed E-state index contributed by atoms with van der Waals surface area (Å²) < 4.78 is 3.66. The van der Waals surface area contributed by atoms with Crippen molar-refractivity contribution in [2.75, 3.05) is 18.6 Å². The molecule has 5 rings (SSSR count). The Morgan fingerprint density at radius 2 is 2.02 bits per heavy atom. The van der Waals surface area contributed by atoms with Crippen LogP contribution >= 0.6 is 60.3 Å². The van der Waals surface area contributed by atoms with Gasteiger partial charge in [-0.25, -0.2) is 14.5 Å². The molecule has 0 unspecified atom stereocenters. The number of rotatable bonds is 8. The number of aliphatic carboxylic acids is 1. The Balaban J connectivity index is 0.00000187. The van der Waals surface area contributed by atoms with E-state index >= 15 is 0 Å². The highest BCUT2D eigenvalue weighted by Crippen LogP contribution is 2.40. The second-order valence-corrected chi connectivity index (χ2v) is 9.99. The quantitative estimate of drug-likeness (QED) is 0.147. The van der Waals surface area contributed by atoms with Gasteiger partial charge in [-0.1, -0.05) is 5.16 Å². The van der Waals surface area contributed by atoms with Gasteiger partial charge in [-0.2, -0.15) is 0 Å². The van der Waals surface area contributed by atoms with Gasteiger partial charge in [0, 0.05) is 41.2 Å². The van der Waals surface area contributed by atoms with E-state index in [0.717, 1.165) is 21.9 Å². The topological polar surface area (TPSA) is 172 Å². The fraction of sp³-hybridized carbons (Fsp3) is 0.227. The number of carboxylic acid groups (broad SMARTS) is 1. The number of amides is 2. The van der Waals surface area contributed by atoms with E-state index in [9.17, 15) is 19.5 Å². The van der Waals surface area contributed by atoms with Gasteiger partial charge in [0.1, 0.15) is 24.2 Å². The summed E-state index contributed by atoms with van der Waals surface area (Å²) in [5, 5.41) is 19.6. The first-order chi connectivity index (χ1) is 17.9. The number of carbonyl (C=O) groups excluding carboxylic acids is 3. The lowest BCUT2D eigenvalue weighted by Crippen LogP contribution is -2.71. The molecule has 3 aromatic rings. The number of nitrogen functional groups attached to an aromatic ring is 1. The molecule has 0 radical (unpaired) electrons. The standard InChI is InChI=1S/C22H20N8O5S2.3ClH/c1-35-27-15(14-10-37-22(23)25-14)18(31)26-16-19(32)30-17(21(33)34)12(9-36-20(16)30)8-28-5-2-13(3-6-28)29-7-4-24-11-29;;;/h2-7,10-11,16,20H,8-9H2,1H3,(H3-,23,25,26,31,33,34);3*1H/t16-,20+;;;/m1.../s1. The number of thioether (sulfide) groups is 1. The van der Waals surface area contributed by atoms with E-state index in [2.05, 4.69) is 20.4 Å². The maximum absolute atomic E-state index is 13.0. The highest BCUT2D eigenvalue weighted by atomic mass is 35.5. The van der Waals surface area contributed by atoms with Crippen LogP contribution in [0, 0.1) is 0 Å². The van der Waals surface area contributed by atoms with Crippen molar-refractivity contribution in [2.45, 2.75) is 18.0 Å². The van der Waals surface area contributed by atoms with Gasteiger partial charge < -0.3 is 30.4 Å². The Morgan fingerprint density at radius 3 is 2.60 bits per heavy atom. The van der Waals surface area contributed by atoms with Gasteiger partial charge in [0.25, 0.3) is 11.8 Å². The summed E-state index contributed by atoms with van der Waals surface area (Å²) in [4.78, 5) is 51.9. The summed E-state index contributed by atoms with van der Waals surface area (Å²) in [5.74, 6) is -2.36. The van der Waals surface area contributed by atoms with E-state index in [1.807, 2.05) is 39.9 Å². The van der Waals surface area contributed by atoms with Crippen molar-refractivity contribution >= 4 is 88.9 Å². The number of pyridine rings is 1. The van der Waals surface area contributed by atoms with Crippen molar-refractivity contribution in [1.82, 2.24) is 24.8 Å². The Hall–Kier alpha value is -3.37. The van der Waals surface area contributed by atoms with Crippen LogP contribution in [0.5, 0.6) is 0 Å². The maximum Gasteiger partial charge on any atom is 0.276 e. The van der Waals surface area contributed by atoms with Crippen molar-refractivity contribution < 1.29 is 28.9 Å². The molecule has 0 saturated carbocycles. The number of nitrogens with two attached hydrogens (primary N) is 1. The number of anilines is 1. The van der Waals surface area contributed by atoms with Gasteiger partial charge in [-0.3, -0.25) is 14.5 Å². The summed E-state index contributed by atoms with van der Waals surface area (Å²) >= 11 is 2.48. The van der Waals surface area contributed by atoms with Gasteiger partial charge >= 0.3 is 0 Å². The van der Waals surface area contributed by atoms with Gasteiger partial charge in [0.15, 0.2) is 29.8 Å². The molecule has 1 saturated heterocycles. The molecule has 2 aliphatic heterocycles. The minimum atomic E-state index is -1.45. The third-order valence-electron chi connectivity index (χ3n) is 5.74. The third-order valence-corrected chi connectivity index (χ3v) is 7.75. The van der Waals surface area contributed by atoms with Crippen molar-refractivity contribution in [3.8, 4) is 5.69 Å². The van der Waals surface area contributed by atoms with Crippen LogP contribution in [0.2, 0.25) is 0 Å². The number of nitrogens with one attached hydrogen (secondary N) is 1. The van der Waals surface area contributed by atoms with E-state index in [-0.39, 0.29) is 66.0 Å². The molecular formula is C22H23Cl3N8O5S2. The number of nitrogens with zero attached hydrogens (tertiary/aromatic N) is 6. The summed E-state index contributed by atoms with van der Waals surface area (Å²) in [6, 6.07) is 2.79. The first kappa shape index (κ1) is 32.8. The van der Waals surface area contributed by atoms with Crippen LogP contribution < -0.4 is 20.7 Å². The van der Waals surface area contributed by atoms with Crippen LogP contribution in [0.1, 0.15) is 5.69 Å². The average Bonchev–Trinajstić information content (AvgIpc) is 3.58. The predicted octanol–water partition coefficient (Wildman–Crippen LogP) is -0.0815. The summed E-state index contributed by atoms with van der Waals surface area (Å²) in [5.41, 5.74) is 6.95. The number of aromatic nitrogens is 4. The SMILES string of the molecule is CON=C(C(=O)N[C@@H]1C(=O)N2C(C(=O)[O-])=C(C[n+]3ccc(-n4ccnc4)cc3)CS[C@@H]12)c1csc(N)n1.Cl.Cl.Cl. The first-order valence-electron chi connectivity index (χ1n) is 10.9. The van der Waals surface area contributed by atoms with Gasteiger partial charge in [-0.05, 0) is 0 Å². The summed E-state index contributed by atoms with van der Waals surface area (Å²) in [6.07, 6.45) is 8.79. The van der Waals surface area contributed by atoms with E-state index in [1.54, 1.807) is 17.9 Å². The third kappa shape index (κ3) is 6.33. The number of thiazole rings is 1. The summed E-state index contributed by atoms with van der Waals surface area (Å²) in [7, 11) is 1.28. The Morgan fingerprint density at radius 1 is 1.30 bits per heavy atom. The van der Waals surface area contributed by atoms with Gasteiger partial charge in [0.2, 0.25) is 0 Å². The largest absolute Gasteiger partial charge is 0.543 e. The monoisotopic (exact) mass is 648 g/mol. The van der Waals surface area contributed by atoms with E-state index in [1.165, 1.54) is 18.9 Å². The highest BCUT2D eigenvalue weighted by molar-refractivity contribution is 8.00. The van der Waals surface area contributed by atoms with Crippen molar-refractivity contribution in [2.24, 2.45) is 5.16 Å². The molecule has 0 aromatic carbocycles. The lowest BCUT2D eigenvalue weighted by atomic mass is 10.0. The fourth-order valence-corrected chi connectivity index (χ4v) is 5.94. The van der Waals surface area contributed by atoms with Gasteiger partial charge in [-0.15, -0.1) is 60.3 Å². The molecule has 2 aliphatic rings. The van der Waals surface area contributed by atoms with Crippen LogP contribution in [0.25, 0.3) is 5.69 Å². The lowest BCUT2D eigenvalue weighted by Gasteiger charge is -2.50. The number of carboxylic acids is 1. The number of halogens is 3. The maximum atomic E-state index is 13.0. The Labute approximate surface area is 254 Å². The number of fused-ring (bicyclic) bond motifs is 1. The van der Waals surface area contributed by atoms with Gasteiger partial charge in [0.05, 0.1) is 23.7 Å². The van der Waals surface area contributed by atoms with Crippen molar-refractivity contribution in [3.63, 3.8) is 0 Å². The minimum Gasteiger partial charge on any atom is -0.543 e. The molecule has 0 bridgehead atoms. The number of β-lactam (4-membered cyclic amide) rings is 1. The average molecular weight is 650 g/mol. The van der Waals surface area contributed by atoms with E-state index in [4.69, 9.17) is 10.6 Å². The molecular weight excluding hydrogens is 627 g/mol. The molecule has 2 atom stereocenters. The minimum absolute atomic E-state index is 0. The molecule has 0 aliphatic carbocycles. The number of imidazole rings is 1. The van der Waals surface area contributed by atoms with Crippen LogP contribution in [0.3, 0.4) is 0 Å². The Bertz CT molecular complexity index is 1430. The Kier molecular flexibility index (Phi) is 11.3. The van der Waals surface area contributed by atoms with E-state index < -0.39 is 29.2 Å². The van der Waals surface area contributed by atoms with Crippen LogP contribution in [0.4, 0.5) is 5.13 Å². The number of carbonyl (C=O) groups is 3. The normalized spacial score (nSPS) is 17.9. The molecule has 18 heteroatoms. The molecule has 13 nitrogen and oxygen atoms in total. The second-order valence-electron chi connectivity index (χ2n) is 7.99. The number of hydrogen-bond acceptors (Lipinski definition) is 11. The molecule has 214 valence electrons. The number of hydrogen-bond donors (Lipinski definition) is 2. The summed E-state index contributed by atoms with van der Waals surface area (Å²) in [6.45, 7) is 0.254. The molecule has 5 heterocycles. The molecule has 2 amide bonds. The zero-order valence-electron chi connectivity index (χ0n) is 20.5. The highest BCUT2D eigenvalue weighted by Gasteiger charge is 2.53. The molecule has 0 spiro atoms. The van der Waals surface area contributed by atoms with Crippen LogP contribution in [-0.4, -0.2) is 67.2 Å². The number of oxime groups is 1.